The number of fused-ring (bicyclic) bond motifs is 1. The number of ether oxygens (including phenoxy) is 2. The molecule has 1 saturated heterocycles. The Hall–Kier alpha value is -0.580. The highest BCUT2D eigenvalue weighted by Gasteiger charge is 2.57. The van der Waals surface area contributed by atoms with Crippen molar-refractivity contribution in [3.05, 3.63) is 11.6 Å². The second-order valence-corrected chi connectivity index (χ2v) is 9.78. The third kappa shape index (κ3) is 4.02. The predicted molar refractivity (Wildman–Crippen MR) is 104 cm³/mol. The van der Waals surface area contributed by atoms with Gasteiger partial charge in [-0.05, 0) is 40.0 Å². The first kappa shape index (κ1) is 23.1. The summed E-state index contributed by atoms with van der Waals surface area (Å²) < 4.78 is 11.8. The molecule has 10 unspecified atom stereocenters. The lowest BCUT2D eigenvalue weighted by molar-refractivity contribution is -0.329. The summed E-state index contributed by atoms with van der Waals surface area (Å²) in [5, 5.41) is 61.7. The molecule has 0 aromatic heterocycles. The standard InChI is InChI=1S/C21H36O8/c1-10-5-6-13(23)21(4)8-7-11(20(2,3)27)18(14(10)21)29-19-17(26)16(25)15(24)12(9-22)28-19/h5,11-19,22-27H,6-9H2,1-4H3. The van der Waals surface area contributed by atoms with Crippen molar-refractivity contribution in [1.29, 1.82) is 0 Å². The van der Waals surface area contributed by atoms with Gasteiger partial charge < -0.3 is 40.1 Å². The zero-order valence-corrected chi connectivity index (χ0v) is 17.6. The Kier molecular flexibility index (Phi) is 6.50. The molecule has 1 saturated carbocycles. The molecule has 0 spiro atoms. The van der Waals surface area contributed by atoms with Crippen molar-refractivity contribution in [3.63, 3.8) is 0 Å². The van der Waals surface area contributed by atoms with E-state index in [2.05, 4.69) is 0 Å². The third-order valence-corrected chi connectivity index (χ3v) is 7.39. The average molecular weight is 417 g/mol. The molecule has 0 amide bonds. The van der Waals surface area contributed by atoms with Crippen LogP contribution in [0.5, 0.6) is 0 Å². The molecule has 0 bridgehead atoms. The third-order valence-electron chi connectivity index (χ3n) is 7.39. The molecule has 168 valence electrons. The molecule has 2 aliphatic carbocycles. The van der Waals surface area contributed by atoms with Crippen LogP contribution < -0.4 is 0 Å². The molecule has 29 heavy (non-hydrogen) atoms. The van der Waals surface area contributed by atoms with Crippen LogP contribution in [0.4, 0.5) is 0 Å². The van der Waals surface area contributed by atoms with E-state index >= 15 is 0 Å². The largest absolute Gasteiger partial charge is 0.394 e. The van der Waals surface area contributed by atoms with Gasteiger partial charge >= 0.3 is 0 Å². The van der Waals surface area contributed by atoms with Crippen molar-refractivity contribution in [3.8, 4) is 0 Å². The fourth-order valence-electron chi connectivity index (χ4n) is 5.50. The minimum Gasteiger partial charge on any atom is -0.394 e. The lowest BCUT2D eigenvalue weighted by Gasteiger charge is -2.56. The second kappa shape index (κ2) is 8.16. The van der Waals surface area contributed by atoms with Gasteiger partial charge in [-0.25, -0.2) is 0 Å². The van der Waals surface area contributed by atoms with Gasteiger partial charge in [0, 0.05) is 17.3 Å². The van der Waals surface area contributed by atoms with Gasteiger partial charge in [-0.2, -0.15) is 0 Å². The Morgan fingerprint density at radius 3 is 2.41 bits per heavy atom. The molecular weight excluding hydrogens is 380 g/mol. The van der Waals surface area contributed by atoms with Crippen LogP contribution in [-0.2, 0) is 9.47 Å². The molecule has 0 radical (unpaired) electrons. The topological polar surface area (TPSA) is 140 Å². The summed E-state index contributed by atoms with van der Waals surface area (Å²) in [6, 6.07) is 0. The van der Waals surface area contributed by atoms with Crippen LogP contribution >= 0.6 is 0 Å². The predicted octanol–water partition coefficient (Wildman–Crippen LogP) is -0.314. The Balaban J connectivity index is 1.95. The van der Waals surface area contributed by atoms with Gasteiger partial charge in [0.25, 0.3) is 0 Å². The number of aliphatic hydroxyl groups is 6. The highest BCUT2D eigenvalue weighted by molar-refractivity contribution is 5.21. The molecule has 1 aliphatic heterocycles. The molecule has 1 heterocycles. The molecule has 8 heteroatoms. The van der Waals surface area contributed by atoms with Crippen LogP contribution in [0, 0.1) is 17.3 Å². The minimum atomic E-state index is -1.53. The van der Waals surface area contributed by atoms with Crippen molar-refractivity contribution in [2.75, 3.05) is 6.61 Å². The van der Waals surface area contributed by atoms with E-state index in [9.17, 15) is 30.6 Å². The van der Waals surface area contributed by atoms with Crippen LogP contribution in [0.25, 0.3) is 0 Å². The van der Waals surface area contributed by atoms with Crippen LogP contribution in [0.15, 0.2) is 11.6 Å². The fraction of sp³-hybridized carbons (Fsp3) is 0.905. The summed E-state index contributed by atoms with van der Waals surface area (Å²) in [6.07, 6.45) is -4.15. The highest BCUT2D eigenvalue weighted by Crippen LogP contribution is 2.55. The molecular formula is C21H36O8. The van der Waals surface area contributed by atoms with Crippen molar-refractivity contribution in [2.45, 2.75) is 95.5 Å². The lowest BCUT2D eigenvalue weighted by Crippen LogP contribution is -2.63. The van der Waals surface area contributed by atoms with Gasteiger partial charge in [0.2, 0.25) is 0 Å². The molecule has 6 N–H and O–H groups in total. The number of aliphatic hydroxyl groups excluding tert-OH is 5. The van der Waals surface area contributed by atoms with Crippen LogP contribution in [0.3, 0.4) is 0 Å². The summed E-state index contributed by atoms with van der Waals surface area (Å²) in [6.45, 7) is 6.88. The van der Waals surface area contributed by atoms with Gasteiger partial charge in [0.05, 0.1) is 24.4 Å². The SMILES string of the molecule is CC1=CCC(O)C2(C)CCC(C(C)(C)O)C(OC3OC(CO)C(O)C(O)C3O)C12. The maximum atomic E-state index is 10.8. The summed E-state index contributed by atoms with van der Waals surface area (Å²) in [7, 11) is 0. The van der Waals surface area contributed by atoms with E-state index in [4.69, 9.17) is 9.47 Å². The van der Waals surface area contributed by atoms with Gasteiger partial charge in [-0.3, -0.25) is 0 Å². The molecule has 2 fully saturated rings. The van der Waals surface area contributed by atoms with Gasteiger partial charge in [0.1, 0.15) is 24.4 Å². The monoisotopic (exact) mass is 416 g/mol. The van der Waals surface area contributed by atoms with E-state index in [1.807, 2.05) is 19.9 Å². The first-order valence-corrected chi connectivity index (χ1v) is 10.4. The Morgan fingerprint density at radius 2 is 1.83 bits per heavy atom. The maximum absolute atomic E-state index is 10.8. The smallest absolute Gasteiger partial charge is 0.187 e. The molecule has 0 aromatic rings. The summed E-state index contributed by atoms with van der Waals surface area (Å²) in [5.41, 5.74) is -0.497. The molecule has 3 aliphatic rings. The van der Waals surface area contributed by atoms with Crippen LogP contribution in [0.1, 0.15) is 47.0 Å². The maximum Gasteiger partial charge on any atom is 0.187 e. The number of hydrogen-bond donors (Lipinski definition) is 6. The first-order valence-electron chi connectivity index (χ1n) is 10.4. The van der Waals surface area contributed by atoms with Gasteiger partial charge in [-0.1, -0.05) is 18.6 Å². The first-order chi connectivity index (χ1) is 13.4. The number of rotatable bonds is 4. The van der Waals surface area contributed by atoms with Crippen LogP contribution in [0.2, 0.25) is 0 Å². The Bertz CT molecular complexity index is 614. The summed E-state index contributed by atoms with van der Waals surface area (Å²) >= 11 is 0. The van der Waals surface area contributed by atoms with E-state index in [1.165, 1.54) is 0 Å². The quantitative estimate of drug-likeness (QED) is 0.343. The van der Waals surface area contributed by atoms with Gasteiger partial charge in [0.15, 0.2) is 6.29 Å². The number of hydrogen-bond acceptors (Lipinski definition) is 8. The van der Waals surface area contributed by atoms with E-state index in [0.717, 1.165) is 5.57 Å². The highest BCUT2D eigenvalue weighted by atomic mass is 16.7. The molecule has 3 rings (SSSR count). The van der Waals surface area contributed by atoms with Crippen molar-refractivity contribution in [1.82, 2.24) is 0 Å². The van der Waals surface area contributed by atoms with Gasteiger partial charge in [-0.15, -0.1) is 0 Å². The molecule has 0 aromatic carbocycles. The van der Waals surface area contributed by atoms with E-state index < -0.39 is 60.5 Å². The van der Waals surface area contributed by atoms with Crippen molar-refractivity contribution < 1.29 is 40.1 Å². The average Bonchev–Trinajstić information content (AvgIpc) is 2.64. The Labute approximate surface area is 171 Å². The van der Waals surface area contributed by atoms with Crippen molar-refractivity contribution in [2.24, 2.45) is 17.3 Å². The summed E-state index contributed by atoms with van der Waals surface area (Å²) in [5.74, 6) is -0.523. The van der Waals surface area contributed by atoms with Crippen molar-refractivity contribution >= 4 is 0 Å². The molecule has 8 nitrogen and oxygen atoms in total. The normalized spacial score (nSPS) is 48.8. The second-order valence-electron chi connectivity index (χ2n) is 9.78. The summed E-state index contributed by atoms with van der Waals surface area (Å²) in [4.78, 5) is 0. The Morgan fingerprint density at radius 1 is 1.17 bits per heavy atom. The minimum absolute atomic E-state index is 0.219. The zero-order valence-electron chi connectivity index (χ0n) is 17.6. The van der Waals surface area contributed by atoms with E-state index in [0.29, 0.717) is 19.3 Å². The van der Waals surface area contributed by atoms with Crippen LogP contribution in [-0.4, -0.2) is 85.8 Å². The lowest BCUT2D eigenvalue weighted by atomic mass is 9.54. The fourth-order valence-corrected chi connectivity index (χ4v) is 5.50. The molecule has 10 atom stereocenters. The van der Waals surface area contributed by atoms with E-state index in [-0.39, 0.29) is 11.8 Å². The zero-order chi connectivity index (χ0) is 21.7. The van der Waals surface area contributed by atoms with E-state index in [1.54, 1.807) is 13.8 Å².